The molecule has 6 heterocycles. The van der Waals surface area contributed by atoms with Crippen molar-refractivity contribution in [1.82, 2.24) is 29.9 Å². The van der Waals surface area contributed by atoms with E-state index in [1.165, 1.54) is 0 Å². The van der Waals surface area contributed by atoms with E-state index in [0.29, 0.717) is 0 Å². The number of pyridine rings is 6. The third-order valence-corrected chi connectivity index (χ3v) is 9.90. The van der Waals surface area contributed by atoms with Crippen LogP contribution in [0.4, 0.5) is 0 Å². The van der Waals surface area contributed by atoms with Crippen LogP contribution in [0, 0.1) is 36.4 Å². The van der Waals surface area contributed by atoms with Gasteiger partial charge in [0.15, 0.2) is 0 Å². The first-order chi connectivity index (χ1) is 35.8. The second-order valence-corrected chi connectivity index (χ2v) is 14.9. The van der Waals surface area contributed by atoms with E-state index in [2.05, 4.69) is 66.3 Å². The van der Waals surface area contributed by atoms with Gasteiger partial charge in [0.1, 0.15) is 0 Å². The predicted molar refractivity (Wildman–Crippen MR) is 291 cm³/mol. The van der Waals surface area contributed by atoms with Crippen LogP contribution in [0.3, 0.4) is 0 Å². The van der Waals surface area contributed by atoms with Gasteiger partial charge < -0.3 is 29.9 Å². The van der Waals surface area contributed by atoms with Crippen molar-refractivity contribution in [2.24, 2.45) is 0 Å². The predicted octanol–water partition coefficient (Wildman–Crippen LogP) is 15.3. The summed E-state index contributed by atoms with van der Waals surface area (Å²) >= 11 is 0. The summed E-state index contributed by atoms with van der Waals surface area (Å²) in [5.41, 5.74) is 12.1. The maximum atomic E-state index is 4.22. The van der Waals surface area contributed by atoms with Crippen LogP contribution >= 0.6 is 0 Å². The molecular weight excluding hydrogens is 1260 g/mol. The number of aromatic nitrogens is 6. The van der Waals surface area contributed by atoms with Crippen LogP contribution < -0.4 is 0 Å². The van der Waals surface area contributed by atoms with Gasteiger partial charge in [-0.05, 0) is 70.6 Å². The molecule has 0 saturated heterocycles. The minimum absolute atomic E-state index is 0. The van der Waals surface area contributed by atoms with Crippen molar-refractivity contribution in [2.75, 3.05) is 0 Å². The summed E-state index contributed by atoms with van der Waals surface area (Å²) in [5, 5.41) is 0. The van der Waals surface area contributed by atoms with E-state index in [1.54, 1.807) is 37.2 Å². The van der Waals surface area contributed by atoms with Crippen LogP contribution in [-0.2, 0) is 40.2 Å². The number of hydrogen-bond donors (Lipinski definition) is 0. The smallest absolute Gasteiger partial charge is 0.305 e. The molecule has 12 rings (SSSR count). The molecule has 12 aromatic rings. The van der Waals surface area contributed by atoms with Gasteiger partial charge >= 0.3 is 40.2 Å². The van der Waals surface area contributed by atoms with E-state index in [4.69, 9.17) is 0 Å². The fourth-order valence-corrected chi connectivity index (χ4v) is 6.45. The van der Waals surface area contributed by atoms with Crippen molar-refractivity contribution >= 4 is 0 Å². The molecule has 0 unspecified atom stereocenters. The Balaban J connectivity index is 0.000000164. The maximum Gasteiger partial charge on any atom is 3.00 e. The summed E-state index contributed by atoms with van der Waals surface area (Å²) in [4.78, 5) is 25.3. The normalized spacial score (nSPS) is 9.41. The monoisotopic (exact) mass is 1310 g/mol. The SMILES string of the molecule is [Ir+3].[Ir+3].[c-]1ccccc1-c1ccccn1.[c-]1ccccc1-c1ccccn1.[c-]1ccccc1-c1ccccn1.[c-]1ccccc1-c1ccccn1.[c-]1ccccc1-c1ccccn1.[c-]1ccccc1-c1ccccn1. The molecule has 0 aliphatic rings. The molecule has 0 atom stereocenters. The fourth-order valence-electron chi connectivity index (χ4n) is 6.45. The van der Waals surface area contributed by atoms with Gasteiger partial charge in [0.2, 0.25) is 0 Å². The molecule has 8 heteroatoms. The Kier molecular flexibility index (Phi) is 25.9. The Hall–Kier alpha value is -8.48. The van der Waals surface area contributed by atoms with Gasteiger partial charge in [0.25, 0.3) is 0 Å². The Bertz CT molecular complexity index is 2410. The number of rotatable bonds is 6. The third-order valence-electron chi connectivity index (χ3n) is 9.90. The Morgan fingerprint density at radius 1 is 0.176 bits per heavy atom. The van der Waals surface area contributed by atoms with Crippen LogP contribution in [0.25, 0.3) is 67.5 Å². The molecule has 0 spiro atoms. The second kappa shape index (κ2) is 34.0. The summed E-state index contributed by atoms with van der Waals surface area (Å²) in [6.07, 6.45) is 10.7. The number of nitrogens with zero attached hydrogens (tertiary/aromatic N) is 6. The van der Waals surface area contributed by atoms with Gasteiger partial charge in [-0.15, -0.1) is 215 Å². The largest absolute Gasteiger partial charge is 3.00 e. The molecule has 0 aliphatic carbocycles. The first kappa shape index (κ1) is 56.4. The molecule has 6 aromatic carbocycles. The van der Waals surface area contributed by atoms with Gasteiger partial charge in [0, 0.05) is 37.2 Å². The third kappa shape index (κ3) is 20.0. The summed E-state index contributed by atoms with van der Waals surface area (Å²) in [6.45, 7) is 0. The van der Waals surface area contributed by atoms with Gasteiger partial charge in [-0.25, -0.2) is 0 Å². The maximum absolute atomic E-state index is 4.22. The summed E-state index contributed by atoms with van der Waals surface area (Å²) in [6, 6.07) is 101. The molecule has 0 saturated carbocycles. The van der Waals surface area contributed by atoms with Gasteiger partial charge in [-0.2, -0.15) is 0 Å². The van der Waals surface area contributed by atoms with E-state index in [-0.39, 0.29) is 40.2 Å². The average molecular weight is 1310 g/mol. The quantitative estimate of drug-likeness (QED) is 0.154. The fraction of sp³-hybridized carbons (Fsp3) is 0. The summed E-state index contributed by atoms with van der Waals surface area (Å²) in [5.74, 6) is 0. The van der Waals surface area contributed by atoms with Crippen molar-refractivity contribution in [3.05, 3.63) is 328 Å². The number of hydrogen-bond acceptors (Lipinski definition) is 6. The van der Waals surface area contributed by atoms with Crippen LogP contribution in [0.15, 0.2) is 292 Å². The Labute approximate surface area is 462 Å². The summed E-state index contributed by atoms with van der Waals surface area (Å²) < 4.78 is 0. The van der Waals surface area contributed by atoms with Gasteiger partial charge in [0.05, 0.1) is 0 Å². The van der Waals surface area contributed by atoms with E-state index < -0.39 is 0 Å². The molecule has 6 nitrogen and oxygen atoms in total. The van der Waals surface area contributed by atoms with Crippen molar-refractivity contribution in [2.45, 2.75) is 0 Å². The van der Waals surface area contributed by atoms with Crippen molar-refractivity contribution < 1.29 is 40.2 Å². The van der Waals surface area contributed by atoms with Crippen LogP contribution in [0.5, 0.6) is 0 Å². The van der Waals surface area contributed by atoms with Gasteiger partial charge in [-0.1, -0.05) is 72.8 Å². The summed E-state index contributed by atoms with van der Waals surface area (Å²) in [7, 11) is 0. The zero-order chi connectivity index (χ0) is 49.4. The topological polar surface area (TPSA) is 77.3 Å². The van der Waals surface area contributed by atoms with Crippen molar-refractivity contribution in [3.8, 4) is 67.5 Å². The standard InChI is InChI=1S/6C11H8N.2Ir/c6*1-2-6-10(7-3-1)11-8-4-5-9-12-11;;/h6*1-6,8-9H;;/q6*-1;2*+3. The van der Waals surface area contributed by atoms with Crippen LogP contribution in [0.2, 0.25) is 0 Å². The molecule has 0 amide bonds. The zero-order valence-electron chi connectivity index (χ0n) is 40.1. The zero-order valence-corrected chi connectivity index (χ0v) is 44.9. The molecule has 0 radical (unpaired) electrons. The molecule has 0 bridgehead atoms. The van der Waals surface area contributed by atoms with E-state index >= 15 is 0 Å². The Morgan fingerprint density at radius 3 is 0.432 bits per heavy atom. The van der Waals surface area contributed by atoms with Crippen LogP contribution in [-0.4, -0.2) is 29.9 Å². The molecule has 0 aliphatic heterocycles. The van der Waals surface area contributed by atoms with Crippen molar-refractivity contribution in [1.29, 1.82) is 0 Å². The molecule has 0 N–H and O–H groups in total. The Morgan fingerprint density at radius 2 is 0.324 bits per heavy atom. The first-order valence-corrected chi connectivity index (χ1v) is 23.1. The van der Waals surface area contributed by atoms with E-state index in [9.17, 15) is 0 Å². The molecule has 360 valence electrons. The van der Waals surface area contributed by atoms with Crippen molar-refractivity contribution in [3.63, 3.8) is 0 Å². The average Bonchev–Trinajstić information content (AvgIpc) is 3.51. The molecular formula is C66H48Ir2N6. The first-order valence-electron chi connectivity index (χ1n) is 23.1. The molecule has 6 aromatic heterocycles. The number of benzene rings is 6. The van der Waals surface area contributed by atoms with E-state index in [0.717, 1.165) is 67.5 Å². The van der Waals surface area contributed by atoms with Gasteiger partial charge in [-0.3, -0.25) is 0 Å². The molecule has 0 fully saturated rings. The minimum Gasteiger partial charge on any atom is -0.305 e. The van der Waals surface area contributed by atoms with Crippen LogP contribution in [0.1, 0.15) is 0 Å². The van der Waals surface area contributed by atoms with E-state index in [1.807, 2.05) is 255 Å². The molecule has 74 heavy (non-hydrogen) atoms. The minimum atomic E-state index is 0. The second-order valence-electron chi connectivity index (χ2n) is 14.9.